The summed E-state index contributed by atoms with van der Waals surface area (Å²) in [7, 11) is 0. The van der Waals surface area contributed by atoms with Crippen LogP contribution in [0.5, 0.6) is 0 Å². The Kier molecular flexibility index (Phi) is 9.34. The fourth-order valence-electron chi connectivity index (χ4n) is 7.50. The zero-order valence-electron chi connectivity index (χ0n) is 23.1. The molecule has 2 aromatic rings. The Morgan fingerprint density at radius 2 is 1.54 bits per heavy atom. The van der Waals surface area contributed by atoms with Crippen LogP contribution in [0.3, 0.4) is 0 Å². The first-order valence-corrected chi connectivity index (χ1v) is 15.1. The molecule has 3 atom stereocenters. The van der Waals surface area contributed by atoms with Crippen molar-refractivity contribution in [2.24, 2.45) is 17.8 Å². The van der Waals surface area contributed by atoms with Gasteiger partial charge in [0.2, 0.25) is 0 Å². The Hall–Kier alpha value is -2.31. The molecule has 2 aliphatic heterocycles. The number of hydrogen-bond acceptors (Lipinski definition) is 3. The van der Waals surface area contributed by atoms with E-state index in [1.165, 1.54) is 24.1 Å². The van der Waals surface area contributed by atoms with Crippen molar-refractivity contribution >= 4 is 5.97 Å². The lowest BCUT2D eigenvalue weighted by atomic mass is 9.83. The highest BCUT2D eigenvalue weighted by molar-refractivity contribution is 5.74. The maximum Gasteiger partial charge on any atom is 0.321 e. The van der Waals surface area contributed by atoms with Crippen LogP contribution in [0.25, 0.3) is 0 Å². The van der Waals surface area contributed by atoms with E-state index < -0.39 is 17.9 Å². The molecule has 212 valence electrons. The van der Waals surface area contributed by atoms with Crippen molar-refractivity contribution in [3.8, 4) is 0 Å². The third kappa shape index (κ3) is 7.07. The van der Waals surface area contributed by atoms with Gasteiger partial charge in [-0.1, -0.05) is 79.9 Å². The van der Waals surface area contributed by atoms with Crippen LogP contribution >= 0.6 is 0 Å². The van der Waals surface area contributed by atoms with Crippen molar-refractivity contribution < 1.29 is 18.7 Å². The fourth-order valence-corrected chi connectivity index (χ4v) is 7.50. The van der Waals surface area contributed by atoms with Gasteiger partial charge in [-0.05, 0) is 68.5 Å². The molecule has 2 aromatic carbocycles. The summed E-state index contributed by atoms with van der Waals surface area (Å²) in [6.45, 7) is 4.43. The standard InChI is InChI=1S/C33H44F2N2O2/c34-33(35,29-14-8-3-9-15-29)19-16-25-17-20-36(21-18-25)22-28-23-37(24-30(28)26-10-4-1-5-11-26)31(32(38)39)27-12-6-2-7-13-27/h1,3-5,8-11,14-15,25,27-28,30-31H,2,6-7,12-13,16-24H2,(H,38,39)/t28-,30+,31+/m0/s1. The van der Waals surface area contributed by atoms with E-state index in [4.69, 9.17) is 0 Å². The van der Waals surface area contributed by atoms with Crippen LogP contribution in [-0.2, 0) is 10.7 Å². The van der Waals surface area contributed by atoms with E-state index in [9.17, 15) is 18.7 Å². The maximum atomic E-state index is 14.7. The van der Waals surface area contributed by atoms with Gasteiger partial charge in [-0.15, -0.1) is 0 Å². The van der Waals surface area contributed by atoms with Crippen molar-refractivity contribution in [3.05, 3.63) is 71.8 Å². The van der Waals surface area contributed by atoms with Crippen molar-refractivity contribution in [1.29, 1.82) is 0 Å². The molecular weight excluding hydrogens is 494 g/mol. The first-order chi connectivity index (χ1) is 18.9. The van der Waals surface area contributed by atoms with Crippen molar-refractivity contribution in [1.82, 2.24) is 9.80 Å². The van der Waals surface area contributed by atoms with Gasteiger partial charge < -0.3 is 10.0 Å². The molecule has 6 heteroatoms. The number of hydrogen-bond donors (Lipinski definition) is 1. The monoisotopic (exact) mass is 538 g/mol. The Morgan fingerprint density at radius 1 is 0.897 bits per heavy atom. The van der Waals surface area contributed by atoms with Gasteiger partial charge in [0.25, 0.3) is 5.92 Å². The minimum absolute atomic E-state index is 0.0902. The summed E-state index contributed by atoms with van der Waals surface area (Å²) >= 11 is 0. The Bertz CT molecular complexity index is 1040. The van der Waals surface area contributed by atoms with Gasteiger partial charge in [0.1, 0.15) is 6.04 Å². The smallest absolute Gasteiger partial charge is 0.321 e. The number of nitrogens with zero attached hydrogens (tertiary/aromatic N) is 2. The minimum Gasteiger partial charge on any atom is -0.480 e. The van der Waals surface area contributed by atoms with Crippen LogP contribution in [0.1, 0.15) is 74.8 Å². The van der Waals surface area contributed by atoms with Crippen LogP contribution < -0.4 is 0 Å². The SMILES string of the molecule is O=C(O)[C@@H](C1CCCCC1)N1C[C@H](CN2CCC(CCC(F)(F)c3ccccc3)CC2)[C@@H](c2ccccc2)C1. The molecule has 2 saturated heterocycles. The van der Waals surface area contributed by atoms with E-state index in [1.54, 1.807) is 18.2 Å². The number of likely N-dealkylation sites (tertiary alicyclic amines) is 2. The number of rotatable bonds is 10. The highest BCUT2D eigenvalue weighted by Crippen LogP contribution is 2.40. The summed E-state index contributed by atoms with van der Waals surface area (Å²) in [6, 6.07) is 18.4. The molecule has 1 saturated carbocycles. The van der Waals surface area contributed by atoms with Gasteiger partial charge in [0.05, 0.1) is 0 Å². The van der Waals surface area contributed by atoms with Gasteiger partial charge in [0.15, 0.2) is 0 Å². The van der Waals surface area contributed by atoms with E-state index in [0.29, 0.717) is 24.2 Å². The molecule has 0 radical (unpaired) electrons. The topological polar surface area (TPSA) is 43.8 Å². The molecule has 5 rings (SSSR count). The molecule has 3 aliphatic rings. The molecule has 0 bridgehead atoms. The maximum absolute atomic E-state index is 14.7. The van der Waals surface area contributed by atoms with Crippen molar-refractivity contribution in [3.63, 3.8) is 0 Å². The highest BCUT2D eigenvalue weighted by atomic mass is 19.3. The average molecular weight is 539 g/mol. The van der Waals surface area contributed by atoms with Gasteiger partial charge in [0, 0.05) is 37.5 Å². The van der Waals surface area contributed by atoms with E-state index in [0.717, 1.165) is 71.2 Å². The third-order valence-electron chi connectivity index (χ3n) is 9.70. The molecule has 0 unspecified atom stereocenters. The summed E-state index contributed by atoms with van der Waals surface area (Å²) in [5, 5.41) is 10.3. The van der Waals surface area contributed by atoms with Gasteiger partial charge in [-0.25, -0.2) is 8.78 Å². The lowest BCUT2D eigenvalue weighted by Gasteiger charge is -2.35. The molecule has 4 nitrogen and oxygen atoms in total. The first kappa shape index (κ1) is 28.2. The van der Waals surface area contributed by atoms with Crippen LogP contribution in [0, 0.1) is 17.8 Å². The molecule has 1 aliphatic carbocycles. The zero-order chi connectivity index (χ0) is 27.2. The molecule has 0 amide bonds. The molecule has 2 heterocycles. The Balaban J connectivity index is 1.19. The molecule has 1 N–H and O–H groups in total. The molecule has 39 heavy (non-hydrogen) atoms. The van der Waals surface area contributed by atoms with Gasteiger partial charge in [-0.3, -0.25) is 9.69 Å². The molecule has 0 aromatic heterocycles. The van der Waals surface area contributed by atoms with E-state index in [2.05, 4.69) is 34.1 Å². The summed E-state index contributed by atoms with van der Waals surface area (Å²) in [4.78, 5) is 17.3. The van der Waals surface area contributed by atoms with E-state index >= 15 is 0 Å². The zero-order valence-corrected chi connectivity index (χ0v) is 23.1. The summed E-state index contributed by atoms with van der Waals surface area (Å²) in [5.74, 6) is -2.16. The molecule has 0 spiro atoms. The number of halogens is 2. The van der Waals surface area contributed by atoms with Crippen molar-refractivity contribution in [2.75, 3.05) is 32.7 Å². The Morgan fingerprint density at radius 3 is 2.18 bits per heavy atom. The second kappa shape index (κ2) is 12.9. The lowest BCUT2D eigenvalue weighted by Crippen LogP contribution is -2.46. The van der Waals surface area contributed by atoms with Crippen LogP contribution in [0.15, 0.2) is 60.7 Å². The van der Waals surface area contributed by atoms with Gasteiger partial charge >= 0.3 is 5.97 Å². The summed E-state index contributed by atoms with van der Waals surface area (Å²) in [6.07, 6.45) is 7.91. The number of benzene rings is 2. The number of piperidine rings is 1. The Labute approximate surface area is 232 Å². The van der Waals surface area contributed by atoms with Gasteiger partial charge in [-0.2, -0.15) is 0 Å². The van der Waals surface area contributed by atoms with E-state index in [-0.39, 0.29) is 17.9 Å². The number of carboxylic acids is 1. The molecule has 3 fully saturated rings. The second-order valence-electron chi connectivity index (χ2n) is 12.3. The van der Waals surface area contributed by atoms with Crippen LogP contribution in [0.2, 0.25) is 0 Å². The highest BCUT2D eigenvalue weighted by Gasteiger charge is 2.43. The normalized spacial score (nSPS) is 25.1. The average Bonchev–Trinajstić information content (AvgIpc) is 3.37. The second-order valence-corrected chi connectivity index (χ2v) is 12.3. The minimum atomic E-state index is -2.77. The molecular formula is C33H44F2N2O2. The number of carbonyl (C=O) groups is 1. The lowest BCUT2D eigenvalue weighted by molar-refractivity contribution is -0.145. The number of carboxylic acid groups (broad SMARTS) is 1. The third-order valence-corrected chi connectivity index (χ3v) is 9.70. The van der Waals surface area contributed by atoms with Crippen LogP contribution in [-0.4, -0.2) is 59.6 Å². The summed E-state index contributed by atoms with van der Waals surface area (Å²) in [5.41, 5.74) is 1.42. The van der Waals surface area contributed by atoms with E-state index in [1.807, 2.05) is 6.07 Å². The predicted octanol–water partition coefficient (Wildman–Crippen LogP) is 7.02. The summed E-state index contributed by atoms with van der Waals surface area (Å²) < 4.78 is 29.4. The fraction of sp³-hybridized carbons (Fsp3) is 0.606. The number of aliphatic carboxylic acids is 1. The van der Waals surface area contributed by atoms with Crippen LogP contribution in [0.4, 0.5) is 8.78 Å². The van der Waals surface area contributed by atoms with Crippen molar-refractivity contribution in [2.45, 2.75) is 75.7 Å². The predicted molar refractivity (Wildman–Crippen MR) is 151 cm³/mol. The number of alkyl halides is 2. The first-order valence-electron chi connectivity index (χ1n) is 15.1. The largest absolute Gasteiger partial charge is 0.480 e. The quantitative estimate of drug-likeness (QED) is 0.353.